The zero-order valence-electron chi connectivity index (χ0n) is 13.7. The summed E-state index contributed by atoms with van der Waals surface area (Å²) in [5.41, 5.74) is 0. The molecule has 1 fully saturated rings. The minimum atomic E-state index is 0.0165. The lowest BCUT2D eigenvalue weighted by atomic mass is 9.90. The molecule has 124 valence electrons. The molecule has 1 aromatic rings. The molecule has 2 aliphatic rings. The minimum absolute atomic E-state index is 0.0165. The first-order chi connectivity index (χ1) is 11.3. The van der Waals surface area contributed by atoms with E-state index in [1.54, 1.807) is 6.20 Å². The summed E-state index contributed by atoms with van der Waals surface area (Å²) in [7, 11) is 0. The van der Waals surface area contributed by atoms with Crippen LogP contribution >= 0.6 is 0 Å². The maximum atomic E-state index is 12.2. The van der Waals surface area contributed by atoms with Gasteiger partial charge in [-0.3, -0.25) is 4.79 Å². The average Bonchev–Trinajstić information content (AvgIpc) is 3.08. The van der Waals surface area contributed by atoms with Crippen LogP contribution in [0.3, 0.4) is 0 Å². The predicted octanol–water partition coefficient (Wildman–Crippen LogP) is 4.34. The first-order valence-electron chi connectivity index (χ1n) is 8.85. The third-order valence-corrected chi connectivity index (χ3v) is 4.79. The Morgan fingerprint density at radius 3 is 2.91 bits per heavy atom. The van der Waals surface area contributed by atoms with Crippen LogP contribution in [0, 0.1) is 11.8 Å². The molecule has 1 saturated carbocycles. The molecule has 1 N–H and O–H groups in total. The Labute approximate surface area is 138 Å². The molecule has 1 amide bonds. The fraction of sp³-hybridized carbons (Fsp3) is 0.579. The van der Waals surface area contributed by atoms with Crippen LogP contribution in [-0.2, 0) is 4.79 Å². The highest BCUT2D eigenvalue weighted by Crippen LogP contribution is 2.27. The summed E-state index contributed by atoms with van der Waals surface area (Å²) in [6.07, 6.45) is 15.1. The molecule has 0 aromatic carbocycles. The molecule has 0 saturated heterocycles. The fourth-order valence-electron chi connectivity index (χ4n) is 3.45. The fourth-order valence-corrected chi connectivity index (χ4v) is 3.45. The van der Waals surface area contributed by atoms with Crippen molar-refractivity contribution in [2.75, 3.05) is 11.9 Å². The highest BCUT2D eigenvalue weighted by atomic mass is 16.5. The lowest BCUT2D eigenvalue weighted by Crippen LogP contribution is -2.18. The van der Waals surface area contributed by atoms with Crippen molar-refractivity contribution < 1.29 is 9.53 Å². The highest BCUT2D eigenvalue weighted by molar-refractivity contribution is 5.91. The van der Waals surface area contributed by atoms with Crippen molar-refractivity contribution in [1.82, 2.24) is 4.98 Å². The smallest absolute Gasteiger partial charge is 0.226 e. The molecule has 0 radical (unpaired) electrons. The Kier molecular flexibility index (Phi) is 5.67. The third-order valence-electron chi connectivity index (χ3n) is 4.79. The van der Waals surface area contributed by atoms with Crippen molar-refractivity contribution in [2.24, 2.45) is 11.8 Å². The van der Waals surface area contributed by atoms with Crippen molar-refractivity contribution >= 4 is 11.7 Å². The maximum Gasteiger partial charge on any atom is 0.226 e. The predicted molar refractivity (Wildman–Crippen MR) is 91.4 cm³/mol. The molecule has 1 unspecified atom stereocenters. The lowest BCUT2D eigenvalue weighted by molar-refractivity contribution is -0.116. The Morgan fingerprint density at radius 1 is 1.26 bits per heavy atom. The molecule has 2 aliphatic carbocycles. The zero-order valence-corrected chi connectivity index (χ0v) is 13.7. The minimum Gasteiger partial charge on any atom is -0.489 e. The van der Waals surface area contributed by atoms with Crippen LogP contribution in [0.15, 0.2) is 30.5 Å². The molecule has 3 rings (SSSR count). The molecule has 1 heterocycles. The van der Waals surface area contributed by atoms with Crippen LogP contribution in [-0.4, -0.2) is 17.5 Å². The Hall–Kier alpha value is -1.84. The number of anilines is 1. The van der Waals surface area contributed by atoms with Crippen LogP contribution < -0.4 is 10.1 Å². The summed E-state index contributed by atoms with van der Waals surface area (Å²) in [5, 5.41) is 2.92. The van der Waals surface area contributed by atoms with Gasteiger partial charge in [-0.2, -0.15) is 0 Å². The third kappa shape index (κ3) is 4.81. The van der Waals surface area contributed by atoms with Gasteiger partial charge in [0.2, 0.25) is 5.91 Å². The summed E-state index contributed by atoms with van der Waals surface area (Å²) in [5.74, 6) is 2.26. The maximum absolute atomic E-state index is 12.2. The van der Waals surface area contributed by atoms with Gasteiger partial charge in [-0.05, 0) is 49.7 Å². The van der Waals surface area contributed by atoms with Gasteiger partial charge in [0.25, 0.3) is 0 Å². The van der Waals surface area contributed by atoms with E-state index in [0.717, 1.165) is 19.4 Å². The molecule has 0 bridgehead atoms. The van der Waals surface area contributed by atoms with E-state index >= 15 is 0 Å². The zero-order chi connectivity index (χ0) is 15.9. The van der Waals surface area contributed by atoms with E-state index < -0.39 is 0 Å². The summed E-state index contributed by atoms with van der Waals surface area (Å²) in [6, 6.07) is 3.74. The van der Waals surface area contributed by atoms with Gasteiger partial charge in [-0.1, -0.05) is 31.4 Å². The van der Waals surface area contributed by atoms with Crippen LogP contribution in [0.2, 0.25) is 0 Å². The lowest BCUT2D eigenvalue weighted by Gasteiger charge is -2.22. The van der Waals surface area contributed by atoms with Gasteiger partial charge < -0.3 is 10.1 Å². The number of nitrogens with zero attached hydrogens (tertiary/aromatic N) is 1. The van der Waals surface area contributed by atoms with Crippen LogP contribution in [0.25, 0.3) is 0 Å². The number of allylic oxidation sites excluding steroid dienone is 2. The van der Waals surface area contributed by atoms with E-state index in [2.05, 4.69) is 22.5 Å². The van der Waals surface area contributed by atoms with Gasteiger partial charge in [0.05, 0.1) is 6.61 Å². The number of hydrogen-bond acceptors (Lipinski definition) is 3. The monoisotopic (exact) mass is 314 g/mol. The first-order valence-corrected chi connectivity index (χ1v) is 8.85. The number of hydrogen-bond donors (Lipinski definition) is 1. The van der Waals surface area contributed by atoms with Gasteiger partial charge in [0, 0.05) is 12.6 Å². The van der Waals surface area contributed by atoms with Gasteiger partial charge in [-0.25, -0.2) is 4.98 Å². The Bertz CT molecular complexity index is 550. The largest absolute Gasteiger partial charge is 0.489 e. The van der Waals surface area contributed by atoms with Gasteiger partial charge in [0.1, 0.15) is 0 Å². The van der Waals surface area contributed by atoms with Crippen LogP contribution in [0.5, 0.6) is 5.75 Å². The number of pyridine rings is 1. The molecule has 1 aromatic heterocycles. The molecule has 4 nitrogen and oxygen atoms in total. The van der Waals surface area contributed by atoms with Crippen LogP contribution in [0.4, 0.5) is 5.82 Å². The molecule has 4 heteroatoms. The van der Waals surface area contributed by atoms with E-state index in [1.165, 1.54) is 32.1 Å². The SMILES string of the molecule is O=C(CC1C=CCC1)Nc1ncccc1OCC1CCCCC1. The van der Waals surface area contributed by atoms with E-state index in [0.29, 0.717) is 29.8 Å². The molecule has 0 aliphatic heterocycles. The van der Waals surface area contributed by atoms with Crippen molar-refractivity contribution in [3.05, 3.63) is 30.5 Å². The molecule has 1 atom stereocenters. The Morgan fingerprint density at radius 2 is 2.13 bits per heavy atom. The summed E-state index contributed by atoms with van der Waals surface area (Å²) >= 11 is 0. The molecular weight excluding hydrogens is 288 g/mol. The van der Waals surface area contributed by atoms with Crippen molar-refractivity contribution in [3.63, 3.8) is 0 Å². The van der Waals surface area contributed by atoms with Crippen LogP contribution in [0.1, 0.15) is 51.4 Å². The van der Waals surface area contributed by atoms with E-state index in [9.17, 15) is 4.79 Å². The summed E-state index contributed by atoms with van der Waals surface area (Å²) in [6.45, 7) is 0.722. The first kappa shape index (κ1) is 16.0. The number of aromatic nitrogens is 1. The number of carbonyl (C=O) groups excluding carboxylic acids is 1. The summed E-state index contributed by atoms with van der Waals surface area (Å²) < 4.78 is 5.96. The van der Waals surface area contributed by atoms with Gasteiger partial charge in [-0.15, -0.1) is 0 Å². The normalized spacial score (nSPS) is 21.3. The van der Waals surface area contributed by atoms with E-state index in [4.69, 9.17) is 4.74 Å². The number of ether oxygens (including phenoxy) is 1. The number of amides is 1. The number of rotatable bonds is 6. The van der Waals surface area contributed by atoms with Crippen molar-refractivity contribution in [2.45, 2.75) is 51.4 Å². The summed E-state index contributed by atoms with van der Waals surface area (Å²) in [4.78, 5) is 16.5. The van der Waals surface area contributed by atoms with E-state index in [-0.39, 0.29) is 5.91 Å². The molecular formula is C19H26N2O2. The highest BCUT2D eigenvalue weighted by Gasteiger charge is 2.17. The van der Waals surface area contributed by atoms with Gasteiger partial charge in [0.15, 0.2) is 11.6 Å². The number of nitrogens with one attached hydrogen (secondary N) is 1. The Balaban J connectivity index is 1.54. The second-order valence-electron chi connectivity index (χ2n) is 6.68. The topological polar surface area (TPSA) is 51.2 Å². The van der Waals surface area contributed by atoms with Crippen molar-refractivity contribution in [1.29, 1.82) is 0 Å². The number of carbonyl (C=O) groups is 1. The second kappa shape index (κ2) is 8.14. The van der Waals surface area contributed by atoms with Gasteiger partial charge >= 0.3 is 0 Å². The van der Waals surface area contributed by atoms with Crippen molar-refractivity contribution in [3.8, 4) is 5.75 Å². The van der Waals surface area contributed by atoms with E-state index in [1.807, 2.05) is 12.1 Å². The molecule has 23 heavy (non-hydrogen) atoms. The second-order valence-corrected chi connectivity index (χ2v) is 6.68. The molecule has 0 spiro atoms. The quantitative estimate of drug-likeness (QED) is 0.795. The standard InChI is InChI=1S/C19H26N2O2/c22-18(13-15-7-4-5-8-15)21-19-17(11-6-12-20-19)23-14-16-9-2-1-3-10-16/h4,6-7,11-12,15-16H,1-3,5,8-10,13-14H2,(H,20,21,22). The average molecular weight is 314 g/mol.